The first-order valence-corrected chi connectivity index (χ1v) is 5.16. The van der Waals surface area contributed by atoms with E-state index in [0.717, 1.165) is 11.3 Å². The first-order valence-electron chi connectivity index (χ1n) is 3.96. The van der Waals surface area contributed by atoms with Crippen LogP contribution in [0.1, 0.15) is 11.0 Å². The normalized spacial score (nSPS) is 14.2. The summed E-state index contributed by atoms with van der Waals surface area (Å²) in [6.45, 7) is -1.75. The van der Waals surface area contributed by atoms with E-state index in [2.05, 4.69) is 4.74 Å². The second-order valence-electron chi connectivity index (χ2n) is 2.79. The van der Waals surface area contributed by atoms with Crippen LogP contribution in [0.5, 0.6) is 0 Å². The summed E-state index contributed by atoms with van der Waals surface area (Å²) in [5.41, 5.74) is 0. The van der Waals surface area contributed by atoms with Gasteiger partial charge in [0.15, 0.2) is 0 Å². The predicted octanol–water partition coefficient (Wildman–Crippen LogP) is 3.01. The Kier molecular flexibility index (Phi) is 4.39. The third-order valence-electron chi connectivity index (χ3n) is 1.46. The topological polar surface area (TPSA) is 29.5 Å². The second kappa shape index (κ2) is 5.16. The van der Waals surface area contributed by atoms with Crippen LogP contribution in [0.2, 0.25) is 4.34 Å². The van der Waals surface area contributed by atoms with Crippen molar-refractivity contribution in [2.75, 3.05) is 13.2 Å². The third-order valence-corrected chi connectivity index (χ3v) is 2.80. The molecule has 0 aliphatic heterocycles. The first kappa shape index (κ1) is 12.8. The number of thiophene rings is 1. The van der Waals surface area contributed by atoms with Gasteiger partial charge >= 0.3 is 6.18 Å². The molecule has 0 aliphatic rings. The van der Waals surface area contributed by atoms with Crippen LogP contribution in [-0.2, 0) is 4.74 Å². The largest absolute Gasteiger partial charge is 0.411 e. The maximum Gasteiger partial charge on any atom is 0.411 e. The van der Waals surface area contributed by atoms with Gasteiger partial charge in [-0.15, -0.1) is 11.3 Å². The standard InChI is InChI=1S/C8H8ClF3O2S/c9-7-2-1-6(15-7)5(13)3-14-4-8(10,11)12/h1-2,5,13H,3-4H2. The van der Waals surface area contributed by atoms with Crippen molar-refractivity contribution in [3.05, 3.63) is 21.3 Å². The molecule has 0 fully saturated rings. The summed E-state index contributed by atoms with van der Waals surface area (Å²) in [4.78, 5) is 0.488. The molecule has 1 aromatic rings. The predicted molar refractivity (Wildman–Crippen MR) is 51.2 cm³/mol. The molecule has 1 aromatic heterocycles. The number of aliphatic hydroxyl groups is 1. The number of hydrogen-bond acceptors (Lipinski definition) is 3. The molecular weight excluding hydrogens is 253 g/mol. The lowest BCUT2D eigenvalue weighted by atomic mass is 10.3. The monoisotopic (exact) mass is 260 g/mol. The summed E-state index contributed by atoms with van der Waals surface area (Å²) in [7, 11) is 0. The van der Waals surface area contributed by atoms with E-state index in [9.17, 15) is 18.3 Å². The van der Waals surface area contributed by atoms with Crippen LogP contribution in [0.25, 0.3) is 0 Å². The SMILES string of the molecule is OC(COCC(F)(F)F)c1ccc(Cl)s1. The Morgan fingerprint density at radius 3 is 2.60 bits per heavy atom. The van der Waals surface area contributed by atoms with Gasteiger partial charge in [-0.1, -0.05) is 11.6 Å². The summed E-state index contributed by atoms with van der Waals surface area (Å²) in [6, 6.07) is 3.11. The molecular formula is C8H8ClF3O2S. The Morgan fingerprint density at radius 2 is 2.13 bits per heavy atom. The molecule has 0 saturated heterocycles. The Balaban J connectivity index is 2.34. The highest BCUT2D eigenvalue weighted by atomic mass is 35.5. The zero-order valence-electron chi connectivity index (χ0n) is 7.42. The second-order valence-corrected chi connectivity index (χ2v) is 4.53. The summed E-state index contributed by atoms with van der Waals surface area (Å²) in [5.74, 6) is 0. The molecule has 15 heavy (non-hydrogen) atoms. The molecule has 7 heteroatoms. The van der Waals surface area contributed by atoms with Crippen LogP contribution >= 0.6 is 22.9 Å². The average Bonchev–Trinajstić information content (AvgIpc) is 2.49. The Morgan fingerprint density at radius 1 is 1.47 bits per heavy atom. The van der Waals surface area contributed by atoms with Crippen molar-refractivity contribution in [1.29, 1.82) is 0 Å². The lowest BCUT2D eigenvalue weighted by Crippen LogP contribution is -2.19. The van der Waals surface area contributed by atoms with E-state index in [1.165, 1.54) is 0 Å². The third kappa shape index (κ3) is 4.83. The number of hydrogen-bond donors (Lipinski definition) is 1. The van der Waals surface area contributed by atoms with Crippen molar-refractivity contribution in [2.45, 2.75) is 12.3 Å². The number of rotatable bonds is 4. The number of aliphatic hydroxyl groups excluding tert-OH is 1. The van der Waals surface area contributed by atoms with Crippen molar-refractivity contribution >= 4 is 22.9 Å². The highest BCUT2D eigenvalue weighted by molar-refractivity contribution is 7.16. The minimum atomic E-state index is -4.37. The van der Waals surface area contributed by atoms with Gasteiger partial charge in [-0.05, 0) is 12.1 Å². The van der Waals surface area contributed by atoms with Crippen molar-refractivity contribution in [1.82, 2.24) is 0 Å². The first-order chi connectivity index (χ1) is 6.88. The van der Waals surface area contributed by atoms with Gasteiger partial charge < -0.3 is 9.84 Å². The smallest absolute Gasteiger partial charge is 0.385 e. The van der Waals surface area contributed by atoms with Crippen molar-refractivity contribution in [3.63, 3.8) is 0 Å². The van der Waals surface area contributed by atoms with Crippen molar-refractivity contribution in [3.8, 4) is 0 Å². The zero-order chi connectivity index (χ0) is 11.5. The summed E-state index contributed by atoms with van der Waals surface area (Å²) in [6.07, 6.45) is -5.43. The van der Waals surface area contributed by atoms with E-state index in [-0.39, 0.29) is 0 Å². The molecule has 1 heterocycles. The van der Waals surface area contributed by atoms with E-state index in [4.69, 9.17) is 11.6 Å². The highest BCUT2D eigenvalue weighted by Gasteiger charge is 2.28. The highest BCUT2D eigenvalue weighted by Crippen LogP contribution is 2.27. The maximum atomic E-state index is 11.7. The Labute approximate surface area is 93.2 Å². The minimum absolute atomic E-state index is 0.393. The van der Waals surface area contributed by atoms with Gasteiger partial charge in [0.1, 0.15) is 12.7 Å². The van der Waals surface area contributed by atoms with Gasteiger partial charge in [0.05, 0.1) is 10.9 Å². The zero-order valence-corrected chi connectivity index (χ0v) is 8.99. The van der Waals surface area contributed by atoms with Crippen LogP contribution in [0.3, 0.4) is 0 Å². The molecule has 0 aromatic carbocycles. The number of alkyl halides is 3. The van der Waals surface area contributed by atoms with Gasteiger partial charge in [-0.3, -0.25) is 0 Å². The fourth-order valence-electron chi connectivity index (χ4n) is 0.876. The van der Waals surface area contributed by atoms with E-state index >= 15 is 0 Å². The summed E-state index contributed by atoms with van der Waals surface area (Å²) < 4.78 is 39.8. The average molecular weight is 261 g/mol. The van der Waals surface area contributed by atoms with Gasteiger partial charge in [0, 0.05) is 4.88 Å². The van der Waals surface area contributed by atoms with Crippen LogP contribution in [0.15, 0.2) is 12.1 Å². The van der Waals surface area contributed by atoms with Crippen LogP contribution in [0.4, 0.5) is 13.2 Å². The van der Waals surface area contributed by atoms with Crippen LogP contribution in [-0.4, -0.2) is 24.5 Å². The number of halogens is 4. The maximum absolute atomic E-state index is 11.7. The molecule has 0 amide bonds. The quantitative estimate of drug-likeness (QED) is 0.902. The molecule has 0 radical (unpaired) electrons. The molecule has 1 N–H and O–H groups in total. The molecule has 86 valence electrons. The van der Waals surface area contributed by atoms with E-state index in [1.54, 1.807) is 12.1 Å². The van der Waals surface area contributed by atoms with E-state index < -0.39 is 25.5 Å². The van der Waals surface area contributed by atoms with Gasteiger partial charge in [0.2, 0.25) is 0 Å². The Bertz CT molecular complexity index is 313. The molecule has 0 aliphatic carbocycles. The van der Waals surface area contributed by atoms with E-state index in [1.807, 2.05) is 0 Å². The molecule has 0 saturated carbocycles. The van der Waals surface area contributed by atoms with Crippen molar-refractivity contribution in [2.24, 2.45) is 0 Å². The number of ether oxygens (including phenoxy) is 1. The van der Waals surface area contributed by atoms with E-state index in [0.29, 0.717) is 9.21 Å². The van der Waals surface area contributed by atoms with Crippen LogP contribution < -0.4 is 0 Å². The van der Waals surface area contributed by atoms with Crippen LogP contribution in [0, 0.1) is 0 Å². The lowest BCUT2D eigenvalue weighted by Gasteiger charge is -2.10. The summed E-state index contributed by atoms with van der Waals surface area (Å²) in [5, 5.41) is 9.39. The lowest BCUT2D eigenvalue weighted by molar-refractivity contribution is -0.179. The molecule has 1 rings (SSSR count). The van der Waals surface area contributed by atoms with Gasteiger partial charge in [-0.25, -0.2) is 0 Å². The molecule has 0 bridgehead atoms. The fraction of sp³-hybridized carbons (Fsp3) is 0.500. The molecule has 1 unspecified atom stereocenters. The van der Waals surface area contributed by atoms with Crippen molar-refractivity contribution < 1.29 is 23.0 Å². The Hall–Kier alpha value is -0.300. The van der Waals surface area contributed by atoms with Gasteiger partial charge in [0.25, 0.3) is 0 Å². The van der Waals surface area contributed by atoms with Gasteiger partial charge in [-0.2, -0.15) is 13.2 Å². The summed E-state index contributed by atoms with van der Waals surface area (Å²) >= 11 is 6.71. The fourth-order valence-corrected chi connectivity index (χ4v) is 1.91. The minimum Gasteiger partial charge on any atom is -0.385 e. The molecule has 1 atom stereocenters. The molecule has 0 spiro atoms. The molecule has 2 nitrogen and oxygen atoms in total.